The molecule has 0 amide bonds. The van der Waals surface area contributed by atoms with Gasteiger partial charge < -0.3 is 14.6 Å². The first kappa shape index (κ1) is 25.9. The fourth-order valence-electron chi connectivity index (χ4n) is 4.19. The molecule has 0 bridgehead atoms. The Kier molecular flexibility index (Phi) is 9.14. The zero-order chi connectivity index (χ0) is 25.3. The first-order valence-corrected chi connectivity index (χ1v) is 12.4. The third-order valence-corrected chi connectivity index (χ3v) is 6.19. The molecule has 0 saturated heterocycles. The minimum Gasteiger partial charge on any atom is -0.439 e. The summed E-state index contributed by atoms with van der Waals surface area (Å²) in [6, 6.07) is 27.4. The fourth-order valence-corrected chi connectivity index (χ4v) is 4.32. The molecule has 0 spiro atoms. The van der Waals surface area contributed by atoms with Crippen LogP contribution in [0.4, 0.5) is 0 Å². The van der Waals surface area contributed by atoms with Crippen molar-refractivity contribution >= 4 is 11.6 Å². The monoisotopic (exact) mass is 505 g/mol. The van der Waals surface area contributed by atoms with Gasteiger partial charge in [-0.3, -0.25) is 4.90 Å². The molecule has 7 heteroatoms. The van der Waals surface area contributed by atoms with Crippen LogP contribution in [0.2, 0.25) is 5.02 Å². The zero-order valence-corrected chi connectivity index (χ0v) is 21.4. The molecule has 1 aromatic heterocycles. The quantitative estimate of drug-likeness (QED) is 0.272. The van der Waals surface area contributed by atoms with Gasteiger partial charge in [0.2, 0.25) is 5.88 Å². The molecule has 0 saturated carbocycles. The second-order valence-corrected chi connectivity index (χ2v) is 9.19. The summed E-state index contributed by atoms with van der Waals surface area (Å²) in [6.45, 7) is 2.23. The predicted molar refractivity (Wildman–Crippen MR) is 143 cm³/mol. The van der Waals surface area contributed by atoms with Crippen molar-refractivity contribution in [2.24, 2.45) is 7.05 Å². The van der Waals surface area contributed by atoms with E-state index in [1.807, 2.05) is 79.8 Å². The zero-order valence-electron chi connectivity index (χ0n) is 20.7. The van der Waals surface area contributed by atoms with Crippen LogP contribution in [-0.4, -0.2) is 52.7 Å². The Morgan fingerprint density at radius 1 is 0.972 bits per heavy atom. The molecule has 0 aliphatic carbocycles. The number of aryl methyl sites for hydroxylation is 1. The Labute approximate surface area is 217 Å². The lowest BCUT2D eigenvalue weighted by molar-refractivity contribution is 0.0848. The lowest BCUT2D eigenvalue weighted by Crippen LogP contribution is -2.35. The summed E-state index contributed by atoms with van der Waals surface area (Å²) < 4.78 is 13.5. The molecular formula is C29H32ClN3O3. The Hall–Kier alpha value is -3.16. The smallest absolute Gasteiger partial charge is 0.222 e. The third-order valence-electron chi connectivity index (χ3n) is 5.94. The fraction of sp³-hybridized carbons (Fsp3) is 0.276. The van der Waals surface area contributed by atoms with Gasteiger partial charge in [-0.15, -0.1) is 0 Å². The third kappa shape index (κ3) is 6.95. The van der Waals surface area contributed by atoms with Crippen LogP contribution in [0.15, 0.2) is 84.9 Å². The van der Waals surface area contributed by atoms with Gasteiger partial charge in [-0.1, -0.05) is 72.3 Å². The summed E-state index contributed by atoms with van der Waals surface area (Å²) in [5.74, 6) is 1.33. The highest BCUT2D eigenvalue weighted by atomic mass is 35.5. The van der Waals surface area contributed by atoms with Crippen molar-refractivity contribution in [3.05, 3.63) is 101 Å². The maximum absolute atomic E-state index is 10.9. The van der Waals surface area contributed by atoms with Crippen molar-refractivity contribution < 1.29 is 14.6 Å². The predicted octanol–water partition coefficient (Wildman–Crippen LogP) is 5.58. The molecule has 0 fully saturated rings. The number of ether oxygens (including phenoxy) is 2. The van der Waals surface area contributed by atoms with Gasteiger partial charge >= 0.3 is 0 Å². The van der Waals surface area contributed by atoms with Gasteiger partial charge in [0.25, 0.3) is 0 Å². The minimum absolute atomic E-state index is 0.488. The van der Waals surface area contributed by atoms with Crippen LogP contribution in [0.3, 0.4) is 0 Å². The van der Waals surface area contributed by atoms with Crippen molar-refractivity contribution in [3.63, 3.8) is 0 Å². The molecule has 1 heterocycles. The van der Waals surface area contributed by atoms with Gasteiger partial charge in [-0.2, -0.15) is 5.10 Å². The van der Waals surface area contributed by atoms with E-state index in [2.05, 4.69) is 4.90 Å². The number of halogens is 1. The van der Waals surface area contributed by atoms with Crippen LogP contribution < -0.4 is 4.74 Å². The van der Waals surface area contributed by atoms with Crippen LogP contribution in [0, 0.1) is 0 Å². The minimum atomic E-state index is -0.526. The summed E-state index contributed by atoms with van der Waals surface area (Å²) >= 11 is 6.07. The number of hydrogen-bond donors (Lipinski definition) is 1. The summed E-state index contributed by atoms with van der Waals surface area (Å²) in [5.41, 5.74) is 3.91. The molecule has 0 aliphatic rings. The highest BCUT2D eigenvalue weighted by molar-refractivity contribution is 6.30. The molecule has 0 radical (unpaired) electrons. The van der Waals surface area contributed by atoms with Gasteiger partial charge in [-0.05, 0) is 36.2 Å². The van der Waals surface area contributed by atoms with E-state index in [1.165, 1.54) is 0 Å². The van der Waals surface area contributed by atoms with Crippen molar-refractivity contribution in [1.29, 1.82) is 0 Å². The molecular weight excluding hydrogens is 474 g/mol. The van der Waals surface area contributed by atoms with Crippen molar-refractivity contribution in [2.45, 2.75) is 19.1 Å². The Bertz CT molecular complexity index is 1210. The van der Waals surface area contributed by atoms with Gasteiger partial charge in [-0.25, -0.2) is 4.68 Å². The molecule has 4 aromatic rings. The van der Waals surface area contributed by atoms with E-state index in [1.54, 1.807) is 23.9 Å². The topological polar surface area (TPSA) is 59.8 Å². The normalized spacial score (nSPS) is 12.1. The number of benzene rings is 3. The standard InChI is InChI=1S/C29H32ClN3O3/c1-32-29(36-26-15-13-24(30)14-16-26)27(28(31-32)23-11-7-4-8-12-23)21-33(17-18-35-2)20-25(34)19-22-9-5-3-6-10-22/h3-16,25,34H,17-21H2,1-2H3/t25-/m0/s1. The molecule has 6 nitrogen and oxygen atoms in total. The van der Waals surface area contributed by atoms with Crippen molar-refractivity contribution in [2.75, 3.05) is 26.8 Å². The first-order valence-electron chi connectivity index (χ1n) is 12.0. The first-order chi connectivity index (χ1) is 17.5. The van der Waals surface area contributed by atoms with Gasteiger partial charge in [0.1, 0.15) is 11.4 Å². The molecule has 4 rings (SSSR count). The van der Waals surface area contributed by atoms with Crippen LogP contribution in [0.1, 0.15) is 11.1 Å². The maximum atomic E-state index is 10.9. The van der Waals surface area contributed by atoms with Crippen LogP contribution in [0.25, 0.3) is 11.3 Å². The van der Waals surface area contributed by atoms with Crippen LogP contribution >= 0.6 is 11.6 Å². The summed E-state index contributed by atoms with van der Waals surface area (Å²) in [6.07, 6.45) is 0.0542. The van der Waals surface area contributed by atoms with E-state index < -0.39 is 6.10 Å². The summed E-state index contributed by atoms with van der Waals surface area (Å²) in [4.78, 5) is 2.19. The summed E-state index contributed by atoms with van der Waals surface area (Å²) in [5, 5.41) is 16.4. The Morgan fingerprint density at radius 2 is 1.64 bits per heavy atom. The van der Waals surface area contributed by atoms with E-state index in [9.17, 15) is 5.11 Å². The summed E-state index contributed by atoms with van der Waals surface area (Å²) in [7, 11) is 3.57. The lowest BCUT2D eigenvalue weighted by Gasteiger charge is -2.25. The van der Waals surface area contributed by atoms with Crippen LogP contribution in [-0.2, 0) is 24.8 Å². The largest absolute Gasteiger partial charge is 0.439 e. The second-order valence-electron chi connectivity index (χ2n) is 8.75. The average Bonchev–Trinajstić information content (AvgIpc) is 3.19. The highest BCUT2D eigenvalue weighted by Crippen LogP contribution is 2.34. The average molecular weight is 506 g/mol. The number of methoxy groups -OCH3 is 1. The van der Waals surface area contributed by atoms with Crippen LogP contribution in [0.5, 0.6) is 11.6 Å². The number of aromatic nitrogens is 2. The molecule has 0 aliphatic heterocycles. The molecule has 1 atom stereocenters. The maximum Gasteiger partial charge on any atom is 0.222 e. The Morgan fingerprint density at radius 3 is 2.31 bits per heavy atom. The van der Waals surface area contributed by atoms with Crippen molar-refractivity contribution in [1.82, 2.24) is 14.7 Å². The molecule has 188 valence electrons. The lowest BCUT2D eigenvalue weighted by atomic mass is 10.1. The van der Waals surface area contributed by atoms with E-state index >= 15 is 0 Å². The number of aliphatic hydroxyl groups is 1. The number of nitrogens with zero attached hydrogens (tertiary/aromatic N) is 3. The van der Waals surface area contributed by atoms with Crippen molar-refractivity contribution in [3.8, 4) is 22.9 Å². The molecule has 36 heavy (non-hydrogen) atoms. The van der Waals surface area contributed by atoms with E-state index in [0.29, 0.717) is 49.3 Å². The second kappa shape index (κ2) is 12.7. The van der Waals surface area contributed by atoms with E-state index in [-0.39, 0.29) is 0 Å². The van der Waals surface area contributed by atoms with Gasteiger partial charge in [0, 0.05) is 44.4 Å². The number of hydrogen-bond acceptors (Lipinski definition) is 5. The SMILES string of the molecule is COCCN(Cc1c(-c2ccccc2)nn(C)c1Oc1ccc(Cl)cc1)C[C@@H](O)Cc1ccccc1. The van der Waals surface area contributed by atoms with E-state index in [0.717, 1.165) is 22.4 Å². The molecule has 3 aromatic carbocycles. The highest BCUT2D eigenvalue weighted by Gasteiger charge is 2.23. The molecule has 1 N–H and O–H groups in total. The Balaban J connectivity index is 1.64. The van der Waals surface area contributed by atoms with Gasteiger partial charge in [0.15, 0.2) is 0 Å². The van der Waals surface area contributed by atoms with Gasteiger partial charge in [0.05, 0.1) is 18.3 Å². The molecule has 0 unspecified atom stereocenters. The number of rotatable bonds is 12. The number of aliphatic hydroxyl groups excluding tert-OH is 1. The van der Waals surface area contributed by atoms with E-state index in [4.69, 9.17) is 26.2 Å².